The average molecular weight is 388 g/mol. The van der Waals surface area contributed by atoms with Gasteiger partial charge in [-0.15, -0.1) is 23.1 Å². The summed E-state index contributed by atoms with van der Waals surface area (Å²) in [5.74, 6) is 0.176. The number of nitrogens with one attached hydrogen (secondary N) is 1. The number of amides is 1. The Labute approximate surface area is 153 Å². The second-order valence-corrected chi connectivity index (χ2v) is 8.23. The van der Waals surface area contributed by atoms with Gasteiger partial charge in [-0.2, -0.15) is 0 Å². The fourth-order valence-corrected chi connectivity index (χ4v) is 4.66. The summed E-state index contributed by atoms with van der Waals surface area (Å²) < 4.78 is 0. The predicted molar refractivity (Wildman–Crippen MR) is 98.0 cm³/mol. The van der Waals surface area contributed by atoms with Gasteiger partial charge < -0.3 is 10.2 Å². The van der Waals surface area contributed by atoms with Crippen molar-refractivity contribution in [2.24, 2.45) is 0 Å². The van der Waals surface area contributed by atoms with Crippen molar-refractivity contribution in [2.75, 3.05) is 24.7 Å². The Morgan fingerprint density at radius 1 is 1.48 bits per heavy atom. The van der Waals surface area contributed by atoms with E-state index in [-0.39, 0.29) is 11.7 Å². The van der Waals surface area contributed by atoms with E-state index < -0.39 is 0 Å². The van der Waals surface area contributed by atoms with Gasteiger partial charge >= 0.3 is 0 Å². The molecular formula is C15H15Cl2N3OS2. The Kier molecular flexibility index (Phi) is 5.49. The fraction of sp³-hybridized carbons (Fsp3) is 0.333. The molecule has 23 heavy (non-hydrogen) atoms. The second-order valence-electron chi connectivity index (χ2n) is 5.29. The fourth-order valence-electron chi connectivity index (χ4n) is 2.26. The molecule has 0 aliphatic carbocycles. The molecule has 0 saturated carbocycles. The van der Waals surface area contributed by atoms with E-state index in [4.69, 9.17) is 23.2 Å². The topological polar surface area (TPSA) is 45.2 Å². The first-order valence-corrected chi connectivity index (χ1v) is 9.62. The molecule has 1 N–H and O–H groups in total. The minimum atomic E-state index is -0.0921. The summed E-state index contributed by atoms with van der Waals surface area (Å²) in [6.45, 7) is 1.91. The standard InChI is InChI=1S/C15H15Cl2N3OS2/c1-20-5-4-11-13(7-20)23-15(18-11)19-14(21)8-22-12-6-9(16)2-3-10(12)17/h2-3,6H,4-5,7-8H2,1H3,(H,18,19,21). The molecule has 1 amide bonds. The van der Waals surface area contributed by atoms with E-state index in [0.717, 1.165) is 30.1 Å². The molecule has 1 aromatic carbocycles. The molecule has 1 aliphatic rings. The number of anilines is 1. The van der Waals surface area contributed by atoms with E-state index in [9.17, 15) is 4.79 Å². The van der Waals surface area contributed by atoms with E-state index in [1.54, 1.807) is 29.5 Å². The number of hydrogen-bond acceptors (Lipinski definition) is 5. The molecular weight excluding hydrogens is 373 g/mol. The summed E-state index contributed by atoms with van der Waals surface area (Å²) in [5, 5.41) is 4.75. The highest BCUT2D eigenvalue weighted by atomic mass is 35.5. The van der Waals surface area contributed by atoms with Crippen LogP contribution in [0.25, 0.3) is 0 Å². The van der Waals surface area contributed by atoms with E-state index in [1.165, 1.54) is 16.6 Å². The van der Waals surface area contributed by atoms with Gasteiger partial charge in [0.1, 0.15) is 0 Å². The van der Waals surface area contributed by atoms with Crippen LogP contribution in [0.1, 0.15) is 10.6 Å². The van der Waals surface area contributed by atoms with Crippen LogP contribution in [0.3, 0.4) is 0 Å². The molecule has 0 radical (unpaired) electrons. The number of rotatable bonds is 4. The number of thioether (sulfide) groups is 1. The monoisotopic (exact) mass is 387 g/mol. The first kappa shape index (κ1) is 17.0. The molecule has 0 bridgehead atoms. The second kappa shape index (κ2) is 7.40. The molecule has 2 aromatic rings. The lowest BCUT2D eigenvalue weighted by atomic mass is 10.2. The summed E-state index contributed by atoms with van der Waals surface area (Å²) in [6.07, 6.45) is 0.936. The summed E-state index contributed by atoms with van der Waals surface area (Å²) in [6, 6.07) is 5.22. The molecule has 0 saturated heterocycles. The third kappa shape index (κ3) is 4.39. The molecule has 0 fully saturated rings. The van der Waals surface area contributed by atoms with Crippen LogP contribution in [0.2, 0.25) is 10.0 Å². The Balaban J connectivity index is 1.58. The Morgan fingerprint density at radius 2 is 2.30 bits per heavy atom. The minimum Gasteiger partial charge on any atom is -0.301 e. The van der Waals surface area contributed by atoms with Crippen molar-refractivity contribution in [2.45, 2.75) is 17.9 Å². The molecule has 4 nitrogen and oxygen atoms in total. The van der Waals surface area contributed by atoms with Gasteiger partial charge in [0.05, 0.1) is 16.5 Å². The number of aromatic nitrogens is 1. The number of thiazole rings is 1. The lowest BCUT2D eigenvalue weighted by Gasteiger charge is -2.20. The van der Waals surface area contributed by atoms with Crippen molar-refractivity contribution < 1.29 is 4.79 Å². The zero-order valence-electron chi connectivity index (χ0n) is 12.4. The van der Waals surface area contributed by atoms with Gasteiger partial charge in [-0.1, -0.05) is 23.2 Å². The average Bonchev–Trinajstić information content (AvgIpc) is 2.89. The van der Waals surface area contributed by atoms with Crippen LogP contribution in [0.4, 0.5) is 5.13 Å². The van der Waals surface area contributed by atoms with Crippen molar-refractivity contribution in [1.82, 2.24) is 9.88 Å². The van der Waals surface area contributed by atoms with E-state index >= 15 is 0 Å². The third-order valence-electron chi connectivity index (χ3n) is 3.42. The zero-order chi connectivity index (χ0) is 16.4. The Morgan fingerprint density at radius 3 is 3.13 bits per heavy atom. The van der Waals surface area contributed by atoms with Crippen molar-refractivity contribution in [3.8, 4) is 0 Å². The molecule has 3 rings (SSSR count). The van der Waals surface area contributed by atoms with Gasteiger partial charge in [-0.25, -0.2) is 4.98 Å². The summed E-state index contributed by atoms with van der Waals surface area (Å²) in [5.41, 5.74) is 1.11. The van der Waals surface area contributed by atoms with Crippen LogP contribution in [-0.2, 0) is 17.8 Å². The summed E-state index contributed by atoms with van der Waals surface area (Å²) >= 11 is 15.0. The normalized spacial score (nSPS) is 14.6. The van der Waals surface area contributed by atoms with Crippen LogP contribution < -0.4 is 5.32 Å². The van der Waals surface area contributed by atoms with Gasteiger partial charge in [0.15, 0.2) is 5.13 Å². The van der Waals surface area contributed by atoms with Gasteiger partial charge in [0.2, 0.25) is 5.91 Å². The number of likely N-dealkylation sites (N-methyl/N-ethyl adjacent to an activating group) is 1. The molecule has 1 aromatic heterocycles. The highest BCUT2D eigenvalue weighted by Gasteiger charge is 2.19. The number of nitrogens with zero attached hydrogens (tertiary/aromatic N) is 2. The molecule has 2 heterocycles. The molecule has 0 atom stereocenters. The van der Waals surface area contributed by atoms with Crippen molar-refractivity contribution in [1.29, 1.82) is 0 Å². The molecule has 1 aliphatic heterocycles. The molecule has 0 unspecified atom stereocenters. The smallest absolute Gasteiger partial charge is 0.236 e. The number of halogens is 2. The highest BCUT2D eigenvalue weighted by Crippen LogP contribution is 2.31. The van der Waals surface area contributed by atoms with Crippen LogP contribution >= 0.6 is 46.3 Å². The maximum absolute atomic E-state index is 12.1. The number of benzene rings is 1. The maximum Gasteiger partial charge on any atom is 0.236 e. The molecule has 8 heteroatoms. The van der Waals surface area contributed by atoms with Crippen LogP contribution in [-0.4, -0.2) is 35.1 Å². The van der Waals surface area contributed by atoms with E-state index in [2.05, 4.69) is 22.2 Å². The van der Waals surface area contributed by atoms with Crippen molar-refractivity contribution >= 4 is 57.3 Å². The van der Waals surface area contributed by atoms with E-state index in [1.807, 2.05) is 0 Å². The predicted octanol–water partition coefficient (Wildman–Crippen LogP) is 4.17. The quantitative estimate of drug-likeness (QED) is 0.799. The van der Waals surface area contributed by atoms with Crippen LogP contribution in [0.5, 0.6) is 0 Å². The first-order chi connectivity index (χ1) is 11.0. The summed E-state index contributed by atoms with van der Waals surface area (Å²) in [4.78, 5) is 20.9. The van der Waals surface area contributed by atoms with Crippen molar-refractivity contribution in [3.05, 3.63) is 38.8 Å². The number of fused-ring (bicyclic) bond motifs is 1. The number of hydrogen-bond donors (Lipinski definition) is 1. The summed E-state index contributed by atoms with van der Waals surface area (Å²) in [7, 11) is 2.09. The van der Waals surface area contributed by atoms with E-state index in [0.29, 0.717) is 15.2 Å². The van der Waals surface area contributed by atoms with Gasteiger partial charge in [0.25, 0.3) is 0 Å². The van der Waals surface area contributed by atoms with Gasteiger partial charge in [-0.3, -0.25) is 4.79 Å². The van der Waals surface area contributed by atoms with Crippen LogP contribution in [0.15, 0.2) is 23.1 Å². The Bertz CT molecular complexity index is 736. The van der Waals surface area contributed by atoms with Gasteiger partial charge in [-0.05, 0) is 25.2 Å². The highest BCUT2D eigenvalue weighted by molar-refractivity contribution is 8.00. The van der Waals surface area contributed by atoms with Gasteiger partial charge in [0, 0.05) is 34.3 Å². The largest absolute Gasteiger partial charge is 0.301 e. The molecule has 0 spiro atoms. The maximum atomic E-state index is 12.1. The number of carbonyl (C=O) groups is 1. The lowest BCUT2D eigenvalue weighted by molar-refractivity contribution is -0.113. The third-order valence-corrected chi connectivity index (χ3v) is 6.15. The first-order valence-electron chi connectivity index (χ1n) is 7.06. The van der Waals surface area contributed by atoms with Crippen LogP contribution in [0, 0.1) is 0 Å². The Hall–Kier alpha value is -0.790. The number of carbonyl (C=O) groups excluding carboxylic acids is 1. The zero-order valence-corrected chi connectivity index (χ0v) is 15.6. The molecule has 122 valence electrons. The minimum absolute atomic E-state index is 0.0921. The SMILES string of the molecule is CN1CCc2nc(NC(=O)CSc3cc(Cl)ccc3Cl)sc2C1. The van der Waals surface area contributed by atoms with Crippen molar-refractivity contribution in [3.63, 3.8) is 0 Å². The lowest BCUT2D eigenvalue weighted by Crippen LogP contribution is -2.25.